The van der Waals surface area contributed by atoms with Crippen LogP contribution in [0.15, 0.2) is 168 Å². The summed E-state index contributed by atoms with van der Waals surface area (Å²) in [6, 6.07) is 53.0. The fraction of sp³-hybridized carbons (Fsp3) is 0.0732. The second-order valence-electron chi connectivity index (χ2n) is 10.7. The van der Waals surface area contributed by atoms with Gasteiger partial charge in [0.25, 0.3) is 0 Å². The molecule has 4 nitrogen and oxygen atoms in total. The minimum atomic E-state index is 0.520. The Kier molecular flexibility index (Phi) is 9.86. The summed E-state index contributed by atoms with van der Waals surface area (Å²) in [6.45, 7) is 1.04. The van der Waals surface area contributed by atoms with Crippen molar-refractivity contribution in [2.45, 2.75) is 19.6 Å². The number of aliphatic imine (C=N–C) groups is 2. The van der Waals surface area contributed by atoms with E-state index >= 15 is 0 Å². The topological polar surface area (TPSA) is 43.2 Å². The Balaban J connectivity index is 1.03. The summed E-state index contributed by atoms with van der Waals surface area (Å²) in [6.07, 6.45) is 4.56. The van der Waals surface area contributed by atoms with Gasteiger partial charge in [-0.05, 0) is 77.2 Å². The summed E-state index contributed by atoms with van der Waals surface area (Å²) in [5, 5.41) is 0. The van der Waals surface area contributed by atoms with Crippen molar-refractivity contribution in [3.8, 4) is 11.5 Å². The van der Waals surface area contributed by atoms with Crippen LogP contribution in [0.2, 0.25) is 0 Å². The zero-order valence-electron chi connectivity index (χ0n) is 25.0. The van der Waals surface area contributed by atoms with Crippen LogP contribution in [-0.2, 0) is 19.6 Å². The van der Waals surface area contributed by atoms with E-state index in [2.05, 4.69) is 72.8 Å². The maximum Gasteiger partial charge on any atom is 0.128 e. The molecule has 0 aliphatic heterocycles. The summed E-state index contributed by atoms with van der Waals surface area (Å²) >= 11 is 0. The van der Waals surface area contributed by atoms with Gasteiger partial charge in [-0.1, -0.05) is 109 Å². The summed E-state index contributed by atoms with van der Waals surface area (Å²) in [7, 11) is 0. The Morgan fingerprint density at radius 1 is 0.378 bits per heavy atom. The zero-order valence-corrected chi connectivity index (χ0v) is 25.0. The lowest BCUT2D eigenvalue weighted by molar-refractivity contribution is 0.305. The quantitative estimate of drug-likeness (QED) is 0.134. The molecule has 0 fully saturated rings. The van der Waals surface area contributed by atoms with Crippen molar-refractivity contribution in [2.24, 2.45) is 9.98 Å². The Hall–Kier alpha value is -5.74. The average molecular weight is 587 g/mol. The fourth-order valence-corrected chi connectivity index (χ4v) is 4.83. The fourth-order valence-electron chi connectivity index (χ4n) is 4.83. The number of hydrogen-bond donors (Lipinski definition) is 0. The lowest BCUT2D eigenvalue weighted by atomic mass is 10.0. The van der Waals surface area contributed by atoms with Crippen LogP contribution in [0.4, 0.5) is 11.4 Å². The number of ether oxygens (including phenoxy) is 2. The van der Waals surface area contributed by atoms with E-state index in [0.717, 1.165) is 51.5 Å². The van der Waals surface area contributed by atoms with E-state index < -0.39 is 0 Å². The molecule has 0 amide bonds. The highest BCUT2D eigenvalue weighted by Gasteiger charge is 2.04. The molecule has 6 aromatic rings. The minimum Gasteiger partial charge on any atom is -0.488 e. The van der Waals surface area contributed by atoms with Crippen molar-refractivity contribution in [2.75, 3.05) is 0 Å². The first-order valence-corrected chi connectivity index (χ1v) is 15.1. The van der Waals surface area contributed by atoms with E-state index in [1.165, 1.54) is 11.1 Å². The Morgan fingerprint density at radius 2 is 0.756 bits per heavy atom. The Morgan fingerprint density at radius 3 is 1.18 bits per heavy atom. The molecule has 0 heterocycles. The number of rotatable bonds is 12. The first-order valence-electron chi connectivity index (χ1n) is 15.1. The van der Waals surface area contributed by atoms with Crippen molar-refractivity contribution in [1.82, 2.24) is 0 Å². The van der Waals surface area contributed by atoms with Crippen LogP contribution in [0, 0.1) is 0 Å². The molecule has 6 aromatic carbocycles. The van der Waals surface area contributed by atoms with E-state index in [4.69, 9.17) is 19.5 Å². The van der Waals surface area contributed by atoms with Gasteiger partial charge in [-0.2, -0.15) is 0 Å². The van der Waals surface area contributed by atoms with Crippen molar-refractivity contribution in [3.05, 3.63) is 191 Å². The number of benzene rings is 6. The van der Waals surface area contributed by atoms with E-state index in [1.807, 2.05) is 97.4 Å². The van der Waals surface area contributed by atoms with Gasteiger partial charge in [0.1, 0.15) is 24.7 Å². The molecule has 0 unspecified atom stereocenters. The molecular weight excluding hydrogens is 552 g/mol. The van der Waals surface area contributed by atoms with E-state index in [9.17, 15) is 0 Å². The molecule has 0 N–H and O–H groups in total. The predicted molar refractivity (Wildman–Crippen MR) is 185 cm³/mol. The van der Waals surface area contributed by atoms with Crippen LogP contribution in [0.3, 0.4) is 0 Å². The minimum absolute atomic E-state index is 0.520. The van der Waals surface area contributed by atoms with Crippen LogP contribution in [-0.4, -0.2) is 12.4 Å². The number of nitrogens with zero attached hydrogens (tertiary/aromatic N) is 2. The maximum absolute atomic E-state index is 6.07. The van der Waals surface area contributed by atoms with Crippen LogP contribution in [0.25, 0.3) is 0 Å². The summed E-state index contributed by atoms with van der Waals surface area (Å²) < 4.78 is 12.1. The molecule has 220 valence electrons. The molecule has 0 aliphatic carbocycles. The molecule has 0 radical (unpaired) electrons. The average Bonchev–Trinajstić information content (AvgIpc) is 3.11. The Labute approximate surface area is 265 Å². The molecule has 0 aliphatic rings. The highest BCUT2D eigenvalue weighted by atomic mass is 16.5. The normalized spacial score (nSPS) is 11.2. The molecule has 0 atom stereocenters. The second-order valence-corrected chi connectivity index (χ2v) is 10.7. The van der Waals surface area contributed by atoms with Crippen molar-refractivity contribution < 1.29 is 9.47 Å². The van der Waals surface area contributed by atoms with Gasteiger partial charge in [0, 0.05) is 23.6 Å². The number of hydrogen-bond acceptors (Lipinski definition) is 4. The lowest BCUT2D eigenvalue weighted by Gasteiger charge is -2.09. The number of para-hydroxylation sites is 2. The van der Waals surface area contributed by atoms with Crippen LogP contribution < -0.4 is 9.47 Å². The summed E-state index contributed by atoms with van der Waals surface area (Å²) in [5.41, 5.74) is 8.40. The SMILES string of the molecule is C(=Nc1ccc(Cc2ccc(N=Cc3ccccc3OCc3ccccc3)cc2)cc1)c1ccccc1OCc1ccccc1. The van der Waals surface area contributed by atoms with Gasteiger partial charge in [0.15, 0.2) is 0 Å². The van der Waals surface area contributed by atoms with Crippen molar-refractivity contribution >= 4 is 23.8 Å². The van der Waals surface area contributed by atoms with Gasteiger partial charge in [-0.3, -0.25) is 9.98 Å². The smallest absolute Gasteiger partial charge is 0.128 e. The van der Waals surface area contributed by atoms with Crippen molar-refractivity contribution in [1.29, 1.82) is 0 Å². The largest absolute Gasteiger partial charge is 0.488 e. The van der Waals surface area contributed by atoms with Gasteiger partial charge in [-0.25, -0.2) is 0 Å². The van der Waals surface area contributed by atoms with E-state index in [0.29, 0.717) is 13.2 Å². The van der Waals surface area contributed by atoms with Crippen LogP contribution in [0.5, 0.6) is 11.5 Å². The lowest BCUT2D eigenvalue weighted by Crippen LogP contribution is -1.98. The second kappa shape index (κ2) is 15.1. The molecule has 0 aromatic heterocycles. The third-order valence-electron chi connectivity index (χ3n) is 7.30. The molecule has 6 rings (SSSR count). The first-order chi connectivity index (χ1) is 22.3. The monoisotopic (exact) mass is 586 g/mol. The third-order valence-corrected chi connectivity index (χ3v) is 7.30. The standard InChI is InChI=1S/C41H34N2O2/c1-3-11-34(12-4-1)30-44-40-17-9-7-15-36(40)28-42-38-23-19-32(20-24-38)27-33-21-25-39(26-22-33)43-29-37-16-8-10-18-41(37)45-31-35-13-5-2-6-14-35/h1-26,28-29H,27,30-31H2. The van der Waals surface area contributed by atoms with Gasteiger partial charge in [-0.15, -0.1) is 0 Å². The van der Waals surface area contributed by atoms with Crippen LogP contribution >= 0.6 is 0 Å². The summed E-state index contributed by atoms with van der Waals surface area (Å²) in [5.74, 6) is 1.63. The highest BCUT2D eigenvalue weighted by Crippen LogP contribution is 2.23. The maximum atomic E-state index is 6.07. The molecular formula is C41H34N2O2. The highest BCUT2D eigenvalue weighted by molar-refractivity contribution is 5.86. The molecule has 0 saturated carbocycles. The van der Waals surface area contributed by atoms with Gasteiger partial charge in [0.05, 0.1) is 11.4 Å². The van der Waals surface area contributed by atoms with Gasteiger partial charge in [0.2, 0.25) is 0 Å². The third kappa shape index (κ3) is 8.65. The molecule has 45 heavy (non-hydrogen) atoms. The molecule has 0 saturated heterocycles. The molecule has 4 heteroatoms. The molecule has 0 bridgehead atoms. The van der Waals surface area contributed by atoms with Crippen molar-refractivity contribution in [3.63, 3.8) is 0 Å². The molecule has 0 spiro atoms. The van der Waals surface area contributed by atoms with Gasteiger partial charge < -0.3 is 9.47 Å². The first kappa shape index (κ1) is 29.3. The zero-order chi connectivity index (χ0) is 30.5. The predicted octanol–water partition coefficient (Wildman–Crippen LogP) is 9.94. The summed E-state index contributed by atoms with van der Waals surface area (Å²) in [4.78, 5) is 9.40. The Bertz CT molecular complexity index is 1710. The van der Waals surface area contributed by atoms with E-state index in [1.54, 1.807) is 0 Å². The van der Waals surface area contributed by atoms with Crippen LogP contribution in [0.1, 0.15) is 33.4 Å². The van der Waals surface area contributed by atoms with Gasteiger partial charge >= 0.3 is 0 Å². The van der Waals surface area contributed by atoms with E-state index in [-0.39, 0.29) is 0 Å².